The molecule has 4 aromatic rings. The number of benzene rings is 1. The van der Waals surface area contributed by atoms with Crippen LogP contribution >= 0.6 is 34.7 Å². The Morgan fingerprint density at radius 2 is 1.97 bits per heavy atom. The Morgan fingerprint density at radius 3 is 2.72 bits per heavy atom. The fourth-order valence-electron chi connectivity index (χ4n) is 2.71. The number of hydrogen-bond donors (Lipinski definition) is 1. The van der Waals surface area contributed by atoms with Crippen molar-refractivity contribution >= 4 is 46.3 Å². The third kappa shape index (κ3) is 4.84. The molecule has 6 nitrogen and oxygen atoms in total. The van der Waals surface area contributed by atoms with Gasteiger partial charge in [-0.2, -0.15) is 0 Å². The van der Waals surface area contributed by atoms with E-state index >= 15 is 0 Å². The lowest BCUT2D eigenvalue weighted by Crippen LogP contribution is -2.15. The lowest BCUT2D eigenvalue weighted by Gasteiger charge is -2.10. The van der Waals surface area contributed by atoms with Crippen LogP contribution in [-0.2, 0) is 11.2 Å². The van der Waals surface area contributed by atoms with E-state index in [9.17, 15) is 4.79 Å². The zero-order valence-electron chi connectivity index (χ0n) is 15.2. The first kappa shape index (κ1) is 19.6. The third-order valence-corrected chi connectivity index (χ3v) is 6.10. The maximum absolute atomic E-state index is 12.4. The number of aromatic nitrogens is 4. The van der Waals surface area contributed by atoms with Gasteiger partial charge in [-0.05, 0) is 35.7 Å². The number of hydrogen-bond acceptors (Lipinski definition) is 6. The van der Waals surface area contributed by atoms with Crippen LogP contribution in [-0.4, -0.2) is 31.4 Å². The number of nitrogens with zero attached hydrogens (tertiary/aromatic N) is 4. The van der Waals surface area contributed by atoms with Crippen LogP contribution in [0.25, 0.3) is 5.69 Å². The monoisotopic (exact) mass is 441 g/mol. The molecular formula is C20H16ClN5OS2. The highest BCUT2D eigenvalue weighted by atomic mass is 35.5. The quantitative estimate of drug-likeness (QED) is 0.332. The average molecular weight is 442 g/mol. The predicted octanol–water partition coefficient (Wildman–Crippen LogP) is 4.70. The maximum atomic E-state index is 12.4. The first-order chi connectivity index (χ1) is 14.2. The molecule has 9 heteroatoms. The second-order valence-corrected chi connectivity index (χ2v) is 8.34. The summed E-state index contributed by atoms with van der Waals surface area (Å²) in [4.78, 5) is 17.5. The number of rotatable bonds is 7. The van der Waals surface area contributed by atoms with Crippen molar-refractivity contribution in [3.8, 4) is 5.69 Å². The van der Waals surface area contributed by atoms with Gasteiger partial charge in [-0.25, -0.2) is 4.98 Å². The summed E-state index contributed by atoms with van der Waals surface area (Å²) < 4.78 is 1.99. The Labute approximate surface area is 181 Å². The van der Waals surface area contributed by atoms with Gasteiger partial charge in [0.1, 0.15) is 5.82 Å². The van der Waals surface area contributed by atoms with Gasteiger partial charge in [0.15, 0.2) is 10.3 Å². The van der Waals surface area contributed by atoms with E-state index in [1.807, 2.05) is 46.3 Å². The van der Waals surface area contributed by atoms with Crippen molar-refractivity contribution in [2.24, 2.45) is 0 Å². The molecule has 0 aliphatic carbocycles. The number of thioether (sulfide) groups is 1. The summed E-state index contributed by atoms with van der Waals surface area (Å²) in [7, 11) is 0. The number of nitrogens with one attached hydrogen (secondary N) is 1. The van der Waals surface area contributed by atoms with E-state index in [2.05, 4.69) is 26.6 Å². The Kier molecular flexibility index (Phi) is 6.24. The van der Waals surface area contributed by atoms with Crippen LogP contribution in [0.15, 0.2) is 71.3 Å². The van der Waals surface area contributed by atoms with Crippen LogP contribution in [0, 0.1) is 0 Å². The SMILES string of the molecule is O=C(CSc1nnc(Cc2cccs2)n1-c1ccccc1)Nc1cccnc1Cl. The van der Waals surface area contributed by atoms with Crippen molar-refractivity contribution in [3.63, 3.8) is 0 Å². The third-order valence-electron chi connectivity index (χ3n) is 3.99. The summed E-state index contributed by atoms with van der Waals surface area (Å²) in [5, 5.41) is 14.5. The number of para-hydroxylation sites is 1. The van der Waals surface area contributed by atoms with Crippen LogP contribution in [0.1, 0.15) is 10.7 Å². The Balaban J connectivity index is 1.53. The molecular weight excluding hydrogens is 426 g/mol. The number of halogens is 1. The van der Waals surface area contributed by atoms with Gasteiger partial charge in [0, 0.05) is 23.2 Å². The van der Waals surface area contributed by atoms with Crippen molar-refractivity contribution in [3.05, 3.63) is 82.0 Å². The van der Waals surface area contributed by atoms with E-state index in [-0.39, 0.29) is 16.8 Å². The number of thiophene rings is 1. The van der Waals surface area contributed by atoms with Gasteiger partial charge < -0.3 is 5.32 Å². The molecule has 0 saturated carbocycles. The molecule has 1 N–H and O–H groups in total. The predicted molar refractivity (Wildman–Crippen MR) is 117 cm³/mol. The van der Waals surface area contributed by atoms with E-state index in [1.165, 1.54) is 16.6 Å². The Bertz CT molecular complexity index is 1100. The summed E-state index contributed by atoms with van der Waals surface area (Å²) in [5.41, 5.74) is 1.45. The maximum Gasteiger partial charge on any atom is 0.234 e. The van der Waals surface area contributed by atoms with Gasteiger partial charge in [-0.3, -0.25) is 9.36 Å². The minimum atomic E-state index is -0.188. The molecule has 146 valence electrons. The minimum Gasteiger partial charge on any atom is -0.323 e. The minimum absolute atomic E-state index is 0.176. The summed E-state index contributed by atoms with van der Waals surface area (Å²) in [6.45, 7) is 0. The average Bonchev–Trinajstić information content (AvgIpc) is 3.39. The molecule has 3 aromatic heterocycles. The normalized spacial score (nSPS) is 10.8. The van der Waals surface area contributed by atoms with Crippen molar-refractivity contribution in [2.45, 2.75) is 11.6 Å². The summed E-state index contributed by atoms with van der Waals surface area (Å²) >= 11 is 9.01. The highest BCUT2D eigenvalue weighted by Gasteiger charge is 2.17. The molecule has 1 amide bonds. The molecule has 0 atom stereocenters. The molecule has 0 spiro atoms. The summed E-state index contributed by atoms with van der Waals surface area (Å²) in [5.74, 6) is 0.819. The van der Waals surface area contributed by atoms with E-state index in [0.29, 0.717) is 17.3 Å². The molecule has 0 aliphatic heterocycles. The highest BCUT2D eigenvalue weighted by Crippen LogP contribution is 2.25. The summed E-state index contributed by atoms with van der Waals surface area (Å²) in [6, 6.07) is 17.4. The molecule has 0 saturated heterocycles. The van der Waals surface area contributed by atoms with E-state index in [4.69, 9.17) is 11.6 Å². The number of carbonyl (C=O) groups excluding carboxylic acids is 1. The fourth-order valence-corrected chi connectivity index (χ4v) is 4.35. The van der Waals surface area contributed by atoms with Gasteiger partial charge in [0.2, 0.25) is 5.91 Å². The topological polar surface area (TPSA) is 72.7 Å². The molecule has 3 heterocycles. The Hall–Kier alpha value is -2.68. The first-order valence-corrected chi connectivity index (χ1v) is 11.0. The largest absolute Gasteiger partial charge is 0.323 e. The molecule has 0 bridgehead atoms. The molecule has 1 aromatic carbocycles. The second kappa shape index (κ2) is 9.21. The van der Waals surface area contributed by atoms with Gasteiger partial charge in [-0.15, -0.1) is 21.5 Å². The zero-order chi connectivity index (χ0) is 20.1. The second-order valence-electron chi connectivity index (χ2n) is 6.00. The van der Waals surface area contributed by atoms with Crippen molar-refractivity contribution in [2.75, 3.05) is 11.1 Å². The lowest BCUT2D eigenvalue weighted by molar-refractivity contribution is -0.113. The zero-order valence-corrected chi connectivity index (χ0v) is 17.5. The smallest absolute Gasteiger partial charge is 0.234 e. The van der Waals surface area contributed by atoms with Gasteiger partial charge in [0.05, 0.1) is 11.4 Å². The van der Waals surface area contributed by atoms with Gasteiger partial charge >= 0.3 is 0 Å². The van der Waals surface area contributed by atoms with Gasteiger partial charge in [0.25, 0.3) is 0 Å². The number of anilines is 1. The van der Waals surface area contributed by atoms with Crippen LogP contribution in [0.4, 0.5) is 5.69 Å². The van der Waals surface area contributed by atoms with Crippen molar-refractivity contribution < 1.29 is 4.79 Å². The lowest BCUT2D eigenvalue weighted by atomic mass is 10.3. The van der Waals surface area contributed by atoms with E-state index < -0.39 is 0 Å². The van der Waals surface area contributed by atoms with Crippen LogP contribution in [0.5, 0.6) is 0 Å². The highest BCUT2D eigenvalue weighted by molar-refractivity contribution is 7.99. The van der Waals surface area contributed by atoms with Crippen LogP contribution in [0.3, 0.4) is 0 Å². The number of pyridine rings is 1. The molecule has 0 aliphatic rings. The molecule has 0 radical (unpaired) electrons. The first-order valence-electron chi connectivity index (χ1n) is 8.76. The molecule has 4 rings (SSSR count). The van der Waals surface area contributed by atoms with Gasteiger partial charge in [-0.1, -0.05) is 47.6 Å². The standard InChI is InChI=1S/C20H16ClN5OS2/c21-19-16(9-4-10-22-19)23-18(27)13-29-20-25-24-17(12-15-8-5-11-28-15)26(20)14-6-2-1-3-7-14/h1-11H,12-13H2,(H,23,27). The van der Waals surface area contributed by atoms with Crippen LogP contribution < -0.4 is 5.32 Å². The Morgan fingerprint density at radius 1 is 1.10 bits per heavy atom. The van der Waals surface area contributed by atoms with Crippen LogP contribution in [0.2, 0.25) is 5.15 Å². The van der Waals surface area contributed by atoms with E-state index in [1.54, 1.807) is 29.7 Å². The fraction of sp³-hybridized carbons (Fsp3) is 0.100. The molecule has 0 fully saturated rings. The van der Waals surface area contributed by atoms with Crippen molar-refractivity contribution in [1.29, 1.82) is 0 Å². The molecule has 29 heavy (non-hydrogen) atoms. The van der Waals surface area contributed by atoms with E-state index in [0.717, 1.165) is 11.5 Å². The number of carbonyl (C=O) groups is 1. The summed E-state index contributed by atoms with van der Waals surface area (Å²) in [6.07, 6.45) is 2.25. The molecule has 0 unspecified atom stereocenters. The van der Waals surface area contributed by atoms with Crippen molar-refractivity contribution in [1.82, 2.24) is 19.7 Å². The number of amides is 1.